The normalized spacial score (nSPS) is 29.4. The van der Waals surface area contributed by atoms with E-state index in [1.165, 1.54) is 0 Å². The molecule has 3 aromatic rings. The van der Waals surface area contributed by atoms with Gasteiger partial charge in [-0.2, -0.15) is 5.06 Å². The quantitative estimate of drug-likeness (QED) is 0.282. The van der Waals surface area contributed by atoms with Crippen molar-refractivity contribution in [3.05, 3.63) is 108 Å². The number of rotatable bonds is 11. The number of ether oxygens (including phenoxy) is 5. The van der Waals surface area contributed by atoms with Crippen LogP contribution in [-0.4, -0.2) is 60.6 Å². The Labute approximate surface area is 249 Å². The molecular weight excluding hydrogens is 530 g/mol. The summed E-state index contributed by atoms with van der Waals surface area (Å²) in [6.07, 6.45) is -0.601. The number of hydrogen-bond donors (Lipinski definition) is 0. The Balaban J connectivity index is 1.27. The lowest BCUT2D eigenvalue weighted by molar-refractivity contribution is -0.311. The highest BCUT2D eigenvalue weighted by Crippen LogP contribution is 2.46. The van der Waals surface area contributed by atoms with E-state index in [9.17, 15) is 0 Å². The van der Waals surface area contributed by atoms with Crippen LogP contribution in [0.3, 0.4) is 0 Å². The highest BCUT2D eigenvalue weighted by Gasteiger charge is 2.61. The SMILES string of the molecule is CC(C)(C)O[C@H]1CCN2O[C@H]3O[C@H](COCc4ccccc4)[C@H](OCc4ccccc4)[C@H](OCc4ccccc4)[C@H]3[C@H]12. The van der Waals surface area contributed by atoms with Gasteiger partial charge < -0.3 is 23.7 Å². The van der Waals surface area contributed by atoms with Crippen molar-refractivity contribution in [3.8, 4) is 0 Å². The van der Waals surface area contributed by atoms with Gasteiger partial charge in [0.05, 0.1) is 56.2 Å². The molecule has 7 heteroatoms. The molecule has 3 aromatic carbocycles. The Morgan fingerprint density at radius 3 is 1.86 bits per heavy atom. The van der Waals surface area contributed by atoms with Gasteiger partial charge in [0, 0.05) is 6.54 Å². The first-order valence-electron chi connectivity index (χ1n) is 15.1. The summed E-state index contributed by atoms with van der Waals surface area (Å²) in [5, 5.41) is 2.06. The predicted octanol–water partition coefficient (Wildman–Crippen LogP) is 5.92. The van der Waals surface area contributed by atoms with Gasteiger partial charge in [-0.1, -0.05) is 91.0 Å². The van der Waals surface area contributed by atoms with Gasteiger partial charge in [-0.3, -0.25) is 4.84 Å². The Bertz CT molecular complexity index is 1240. The Morgan fingerprint density at radius 1 is 0.738 bits per heavy atom. The van der Waals surface area contributed by atoms with E-state index in [0.717, 1.165) is 29.7 Å². The van der Waals surface area contributed by atoms with Gasteiger partial charge in [0.15, 0.2) is 6.29 Å². The molecule has 3 heterocycles. The van der Waals surface area contributed by atoms with Crippen molar-refractivity contribution in [2.24, 2.45) is 5.92 Å². The topological polar surface area (TPSA) is 58.6 Å². The molecule has 0 amide bonds. The summed E-state index contributed by atoms with van der Waals surface area (Å²) in [6.45, 7) is 8.88. The number of fused-ring (bicyclic) bond motifs is 3. The second-order valence-corrected chi connectivity index (χ2v) is 12.4. The van der Waals surface area contributed by atoms with Crippen molar-refractivity contribution < 1.29 is 28.5 Å². The van der Waals surface area contributed by atoms with Gasteiger partial charge in [-0.05, 0) is 43.9 Å². The van der Waals surface area contributed by atoms with Crippen molar-refractivity contribution in [1.29, 1.82) is 0 Å². The maximum atomic E-state index is 6.84. The lowest BCUT2D eigenvalue weighted by atomic mass is 9.83. The Morgan fingerprint density at radius 2 is 1.29 bits per heavy atom. The van der Waals surface area contributed by atoms with Crippen LogP contribution < -0.4 is 0 Å². The molecule has 3 aliphatic rings. The number of benzene rings is 3. The molecular formula is C35H43NO6. The van der Waals surface area contributed by atoms with Crippen LogP contribution in [0, 0.1) is 5.92 Å². The van der Waals surface area contributed by atoms with Crippen LogP contribution in [0.2, 0.25) is 0 Å². The summed E-state index contributed by atoms with van der Waals surface area (Å²) in [5.41, 5.74) is 3.06. The molecule has 0 aliphatic carbocycles. The number of nitrogens with zero attached hydrogens (tertiary/aromatic N) is 1. The van der Waals surface area contributed by atoms with Crippen LogP contribution in [0.25, 0.3) is 0 Å². The van der Waals surface area contributed by atoms with Crippen LogP contribution >= 0.6 is 0 Å². The molecule has 7 atom stereocenters. The molecule has 3 saturated heterocycles. The largest absolute Gasteiger partial charge is 0.374 e. The zero-order chi connectivity index (χ0) is 28.9. The minimum absolute atomic E-state index is 0.00371. The first kappa shape index (κ1) is 29.5. The minimum Gasteiger partial charge on any atom is -0.374 e. The van der Waals surface area contributed by atoms with Crippen molar-refractivity contribution in [2.75, 3.05) is 13.2 Å². The average Bonchev–Trinajstić information content (AvgIpc) is 3.55. The summed E-state index contributed by atoms with van der Waals surface area (Å²) in [5.74, 6) is -0.0882. The van der Waals surface area contributed by atoms with E-state index < -0.39 is 6.29 Å². The second-order valence-electron chi connectivity index (χ2n) is 12.4. The molecule has 0 spiro atoms. The molecule has 3 fully saturated rings. The van der Waals surface area contributed by atoms with Crippen LogP contribution in [-0.2, 0) is 48.3 Å². The summed E-state index contributed by atoms with van der Waals surface area (Å²) < 4.78 is 33.1. The third kappa shape index (κ3) is 7.12. The maximum absolute atomic E-state index is 6.84. The highest BCUT2D eigenvalue weighted by atomic mass is 16.8. The lowest BCUT2D eigenvalue weighted by Crippen LogP contribution is -2.60. The molecule has 0 unspecified atom stereocenters. The molecule has 0 aromatic heterocycles. The van der Waals surface area contributed by atoms with Crippen molar-refractivity contribution >= 4 is 0 Å². The van der Waals surface area contributed by atoms with E-state index in [2.05, 4.69) is 62.2 Å². The molecule has 7 nitrogen and oxygen atoms in total. The molecule has 0 radical (unpaired) electrons. The van der Waals surface area contributed by atoms with E-state index in [1.54, 1.807) is 0 Å². The number of hydroxylamine groups is 2. The molecule has 6 rings (SSSR count). The van der Waals surface area contributed by atoms with E-state index >= 15 is 0 Å². The Hall–Kier alpha value is -2.62. The molecule has 0 bridgehead atoms. The van der Waals surface area contributed by atoms with Gasteiger partial charge in [0.1, 0.15) is 12.2 Å². The van der Waals surface area contributed by atoms with Crippen molar-refractivity contribution in [2.45, 2.75) is 89.4 Å². The minimum atomic E-state index is -0.468. The van der Waals surface area contributed by atoms with Gasteiger partial charge in [-0.25, -0.2) is 0 Å². The molecule has 0 saturated carbocycles. The summed E-state index contributed by atoms with van der Waals surface area (Å²) in [4.78, 5) is 6.46. The van der Waals surface area contributed by atoms with Gasteiger partial charge in [0.25, 0.3) is 0 Å². The number of hydrogen-bond acceptors (Lipinski definition) is 7. The van der Waals surface area contributed by atoms with E-state index in [4.69, 9.17) is 28.5 Å². The van der Waals surface area contributed by atoms with Gasteiger partial charge in [-0.15, -0.1) is 0 Å². The van der Waals surface area contributed by atoms with Gasteiger partial charge >= 0.3 is 0 Å². The zero-order valence-electron chi connectivity index (χ0n) is 24.8. The fourth-order valence-electron chi connectivity index (χ4n) is 6.36. The van der Waals surface area contributed by atoms with Crippen LogP contribution in [0.4, 0.5) is 0 Å². The fraction of sp³-hybridized carbons (Fsp3) is 0.486. The first-order chi connectivity index (χ1) is 20.4. The van der Waals surface area contributed by atoms with Crippen LogP contribution in [0.5, 0.6) is 0 Å². The van der Waals surface area contributed by atoms with Crippen LogP contribution in [0.1, 0.15) is 43.9 Å². The van der Waals surface area contributed by atoms with E-state index in [-0.39, 0.29) is 42.0 Å². The predicted molar refractivity (Wildman–Crippen MR) is 159 cm³/mol. The molecule has 3 aliphatic heterocycles. The average molecular weight is 574 g/mol. The van der Waals surface area contributed by atoms with E-state index in [1.807, 2.05) is 54.6 Å². The zero-order valence-corrected chi connectivity index (χ0v) is 24.8. The summed E-state index contributed by atoms with van der Waals surface area (Å²) >= 11 is 0. The highest BCUT2D eigenvalue weighted by molar-refractivity contribution is 5.16. The molecule has 0 N–H and O–H groups in total. The second kappa shape index (κ2) is 13.3. The summed E-state index contributed by atoms with van der Waals surface area (Å²) in [7, 11) is 0. The smallest absolute Gasteiger partial charge is 0.185 e. The molecule has 42 heavy (non-hydrogen) atoms. The van der Waals surface area contributed by atoms with Gasteiger partial charge in [0.2, 0.25) is 0 Å². The van der Waals surface area contributed by atoms with Crippen molar-refractivity contribution in [1.82, 2.24) is 5.06 Å². The lowest BCUT2D eigenvalue weighted by Gasteiger charge is -2.45. The third-order valence-electron chi connectivity index (χ3n) is 8.14. The Kier molecular flexibility index (Phi) is 9.36. The van der Waals surface area contributed by atoms with Crippen molar-refractivity contribution in [3.63, 3.8) is 0 Å². The molecule has 224 valence electrons. The van der Waals surface area contributed by atoms with Crippen LogP contribution in [0.15, 0.2) is 91.0 Å². The first-order valence-corrected chi connectivity index (χ1v) is 15.1. The third-order valence-corrected chi connectivity index (χ3v) is 8.14. The fourth-order valence-corrected chi connectivity index (χ4v) is 6.36. The standard InChI is InChI=1S/C35H43NO6/c1-35(2,3)41-28-19-20-36-31(28)30-33(39-23-27-17-11-6-12-18-27)32(38-22-26-15-9-5-10-16-26)29(40-34(30)42-36)24-37-21-25-13-7-4-8-14-25/h4-18,28-34H,19-24H2,1-3H3/t28-,29+,30+,31-,32-,33+,34+/m0/s1. The monoisotopic (exact) mass is 573 g/mol. The maximum Gasteiger partial charge on any atom is 0.185 e. The van der Waals surface area contributed by atoms with E-state index in [0.29, 0.717) is 26.4 Å². The summed E-state index contributed by atoms with van der Waals surface area (Å²) in [6, 6.07) is 30.7.